The number of carbonyl (C=O) groups excluding carboxylic acids is 1. The molecule has 7 nitrogen and oxygen atoms in total. The Morgan fingerprint density at radius 3 is 2.70 bits per heavy atom. The first kappa shape index (κ1) is 19.9. The number of furan rings is 1. The van der Waals surface area contributed by atoms with Gasteiger partial charge in [0.1, 0.15) is 10.5 Å². The minimum Gasteiger partial charge on any atom is -0.467 e. The van der Waals surface area contributed by atoms with Crippen LogP contribution in [-0.2, 0) is 24.4 Å². The number of amides is 1. The highest BCUT2D eigenvalue weighted by atomic mass is 32.1. The Morgan fingerprint density at radius 2 is 1.93 bits per heavy atom. The molecule has 0 bridgehead atoms. The fraction of sp³-hybridized carbons (Fsp3) is 0.227. The number of nitrogens with one attached hydrogen (secondary N) is 1. The maximum absolute atomic E-state index is 13.2. The van der Waals surface area contributed by atoms with Crippen molar-refractivity contribution < 1.29 is 9.21 Å². The van der Waals surface area contributed by atoms with E-state index in [0.717, 1.165) is 15.7 Å². The summed E-state index contributed by atoms with van der Waals surface area (Å²) in [5.74, 6) is 0.385. The van der Waals surface area contributed by atoms with Crippen LogP contribution in [0.3, 0.4) is 0 Å². The molecule has 4 rings (SSSR count). The number of benzene rings is 1. The molecule has 0 radical (unpaired) electrons. The summed E-state index contributed by atoms with van der Waals surface area (Å²) in [6, 6.07) is 13.1. The summed E-state index contributed by atoms with van der Waals surface area (Å²) < 4.78 is 8.46. The van der Waals surface area contributed by atoms with Crippen molar-refractivity contribution in [3.05, 3.63) is 91.8 Å². The first-order valence-electron chi connectivity index (χ1n) is 9.59. The fourth-order valence-electron chi connectivity index (χ4n) is 3.34. The van der Waals surface area contributed by atoms with Crippen LogP contribution >= 0.6 is 11.3 Å². The molecule has 0 aliphatic heterocycles. The summed E-state index contributed by atoms with van der Waals surface area (Å²) in [7, 11) is 0. The Balaban J connectivity index is 1.60. The van der Waals surface area contributed by atoms with Crippen molar-refractivity contribution >= 4 is 27.5 Å². The second kappa shape index (κ2) is 8.54. The van der Waals surface area contributed by atoms with Crippen molar-refractivity contribution in [1.82, 2.24) is 14.5 Å². The molecule has 1 N–H and O–H groups in total. The number of hydrogen-bond acceptors (Lipinski definition) is 5. The molecule has 3 heterocycles. The number of thiophene rings is 1. The van der Waals surface area contributed by atoms with E-state index < -0.39 is 5.69 Å². The van der Waals surface area contributed by atoms with Crippen LogP contribution in [0.15, 0.2) is 68.1 Å². The number of aromatic nitrogens is 2. The van der Waals surface area contributed by atoms with E-state index in [4.69, 9.17) is 4.42 Å². The minimum atomic E-state index is -0.409. The van der Waals surface area contributed by atoms with Gasteiger partial charge in [-0.3, -0.25) is 18.7 Å². The van der Waals surface area contributed by atoms with Crippen LogP contribution in [0.5, 0.6) is 0 Å². The molecule has 0 atom stereocenters. The Morgan fingerprint density at radius 1 is 1.10 bits per heavy atom. The van der Waals surface area contributed by atoms with Crippen LogP contribution in [0.1, 0.15) is 23.3 Å². The first-order chi connectivity index (χ1) is 14.5. The normalized spacial score (nSPS) is 11.1. The lowest BCUT2D eigenvalue weighted by molar-refractivity contribution is -0.121. The highest BCUT2D eigenvalue weighted by molar-refractivity contribution is 7.17. The topological polar surface area (TPSA) is 86.2 Å². The van der Waals surface area contributed by atoms with Gasteiger partial charge < -0.3 is 9.73 Å². The summed E-state index contributed by atoms with van der Waals surface area (Å²) in [5, 5.41) is 4.54. The Hall–Kier alpha value is -3.39. The Kier molecular flexibility index (Phi) is 5.67. The third-order valence-electron chi connectivity index (χ3n) is 5.03. The third kappa shape index (κ3) is 3.99. The monoisotopic (exact) mass is 423 g/mol. The maximum Gasteiger partial charge on any atom is 0.331 e. The van der Waals surface area contributed by atoms with Crippen LogP contribution in [0, 0.1) is 6.92 Å². The van der Waals surface area contributed by atoms with Crippen molar-refractivity contribution in [2.45, 2.75) is 33.0 Å². The van der Waals surface area contributed by atoms with Gasteiger partial charge in [-0.25, -0.2) is 4.79 Å². The molecule has 0 saturated carbocycles. The van der Waals surface area contributed by atoms with E-state index in [1.165, 1.54) is 17.6 Å². The van der Waals surface area contributed by atoms with E-state index in [2.05, 4.69) is 5.32 Å². The van der Waals surface area contributed by atoms with Crippen LogP contribution in [0.4, 0.5) is 0 Å². The number of fused-ring (bicyclic) bond motifs is 1. The average Bonchev–Trinajstić information content (AvgIpc) is 3.43. The van der Waals surface area contributed by atoms with Gasteiger partial charge >= 0.3 is 5.69 Å². The summed E-state index contributed by atoms with van der Waals surface area (Å²) in [4.78, 5) is 38.2. The van der Waals surface area contributed by atoms with Crippen molar-refractivity contribution in [2.75, 3.05) is 0 Å². The van der Waals surface area contributed by atoms with Crippen LogP contribution in [0.25, 0.3) is 10.2 Å². The minimum absolute atomic E-state index is 0.0171. The number of aryl methyl sites for hydroxylation is 1. The first-order valence-corrected chi connectivity index (χ1v) is 10.5. The van der Waals surface area contributed by atoms with Crippen molar-refractivity contribution in [2.24, 2.45) is 0 Å². The average molecular weight is 423 g/mol. The highest BCUT2D eigenvalue weighted by Crippen LogP contribution is 2.17. The zero-order valence-corrected chi connectivity index (χ0v) is 17.3. The molecule has 1 aromatic carbocycles. The van der Waals surface area contributed by atoms with Gasteiger partial charge in [-0.15, -0.1) is 11.3 Å². The molecule has 30 heavy (non-hydrogen) atoms. The van der Waals surface area contributed by atoms with Crippen LogP contribution in [-0.4, -0.2) is 15.0 Å². The molecule has 0 aliphatic carbocycles. The molecule has 0 fully saturated rings. The third-order valence-corrected chi connectivity index (χ3v) is 5.92. The number of nitrogens with zero attached hydrogens (tertiary/aromatic N) is 2. The molecule has 0 spiro atoms. The molecule has 0 unspecified atom stereocenters. The van der Waals surface area contributed by atoms with Gasteiger partial charge in [0, 0.05) is 13.0 Å². The summed E-state index contributed by atoms with van der Waals surface area (Å²) in [5.41, 5.74) is 1.94. The molecule has 4 aromatic rings. The van der Waals surface area contributed by atoms with Gasteiger partial charge in [0.15, 0.2) is 0 Å². The van der Waals surface area contributed by atoms with Gasteiger partial charge in [-0.1, -0.05) is 24.3 Å². The zero-order chi connectivity index (χ0) is 21.1. The zero-order valence-electron chi connectivity index (χ0n) is 16.5. The van der Waals surface area contributed by atoms with E-state index >= 15 is 0 Å². The number of carbonyl (C=O) groups is 1. The predicted molar refractivity (Wildman–Crippen MR) is 116 cm³/mol. The standard InChI is InChI=1S/C22H21N3O4S/c1-15-5-2-3-6-16(15)14-25-18-9-12-30-20(18)21(27)24(22(25)28)10-8-19(26)23-13-17-7-4-11-29-17/h2-7,9,11-12H,8,10,13-14H2,1H3,(H,23,26). The van der Waals surface area contributed by atoms with Gasteiger partial charge in [0.05, 0.1) is 24.9 Å². The van der Waals surface area contributed by atoms with E-state index in [0.29, 0.717) is 22.5 Å². The summed E-state index contributed by atoms with van der Waals surface area (Å²) >= 11 is 1.30. The second-order valence-electron chi connectivity index (χ2n) is 6.99. The lowest BCUT2D eigenvalue weighted by Gasteiger charge is -2.13. The summed E-state index contributed by atoms with van der Waals surface area (Å²) in [6.07, 6.45) is 1.56. The molecular weight excluding hydrogens is 402 g/mol. The number of hydrogen-bond donors (Lipinski definition) is 1. The molecular formula is C22H21N3O4S. The van der Waals surface area contributed by atoms with Crippen molar-refractivity contribution in [1.29, 1.82) is 0 Å². The quantitative estimate of drug-likeness (QED) is 0.495. The molecule has 0 aliphatic rings. The van der Waals surface area contributed by atoms with Gasteiger partial charge in [-0.2, -0.15) is 0 Å². The van der Waals surface area contributed by atoms with Gasteiger partial charge in [-0.05, 0) is 41.6 Å². The largest absolute Gasteiger partial charge is 0.467 e. The molecule has 0 saturated heterocycles. The maximum atomic E-state index is 13.2. The van der Waals surface area contributed by atoms with Gasteiger partial charge in [0.25, 0.3) is 5.56 Å². The van der Waals surface area contributed by atoms with Crippen molar-refractivity contribution in [3.63, 3.8) is 0 Å². The van der Waals surface area contributed by atoms with E-state index in [1.807, 2.05) is 31.2 Å². The lowest BCUT2D eigenvalue weighted by atomic mass is 10.1. The Labute approximate surface area is 176 Å². The second-order valence-corrected chi connectivity index (χ2v) is 7.91. The van der Waals surface area contributed by atoms with E-state index in [9.17, 15) is 14.4 Å². The van der Waals surface area contributed by atoms with Gasteiger partial charge in [0.2, 0.25) is 5.91 Å². The highest BCUT2D eigenvalue weighted by Gasteiger charge is 2.16. The van der Waals surface area contributed by atoms with Crippen LogP contribution < -0.4 is 16.6 Å². The fourth-order valence-corrected chi connectivity index (χ4v) is 4.18. The molecule has 3 aromatic heterocycles. The van der Waals surface area contributed by atoms with E-state index in [-0.39, 0.29) is 31.0 Å². The molecule has 8 heteroatoms. The van der Waals surface area contributed by atoms with E-state index in [1.54, 1.807) is 28.1 Å². The number of rotatable bonds is 7. The smallest absolute Gasteiger partial charge is 0.331 e. The Bertz CT molecular complexity index is 1300. The SMILES string of the molecule is Cc1ccccc1Cn1c(=O)n(CCC(=O)NCc2ccco2)c(=O)c2sccc21. The molecule has 1 amide bonds. The predicted octanol–water partition coefficient (Wildman–Crippen LogP) is 2.88. The van der Waals surface area contributed by atoms with Crippen LogP contribution in [0.2, 0.25) is 0 Å². The van der Waals surface area contributed by atoms with Crippen molar-refractivity contribution in [3.8, 4) is 0 Å². The summed E-state index contributed by atoms with van der Waals surface area (Å²) in [6.45, 7) is 2.64. The lowest BCUT2D eigenvalue weighted by Crippen LogP contribution is -2.40. The molecule has 154 valence electrons.